The molecule has 0 radical (unpaired) electrons. The summed E-state index contributed by atoms with van der Waals surface area (Å²) in [5.41, 5.74) is -0.450. The first-order valence-electron chi connectivity index (χ1n) is 8.85. The number of aliphatic hydroxyl groups is 3. The third kappa shape index (κ3) is 3.04. The van der Waals surface area contributed by atoms with E-state index in [4.69, 9.17) is 0 Å². The Bertz CT molecular complexity index is 479. The van der Waals surface area contributed by atoms with Crippen molar-refractivity contribution in [3.63, 3.8) is 0 Å². The third-order valence-corrected chi connectivity index (χ3v) is 6.92. The molecule has 0 bridgehead atoms. The largest absolute Gasteiger partial charge is 0.393 e. The van der Waals surface area contributed by atoms with E-state index in [1.54, 1.807) is 6.08 Å². The van der Waals surface area contributed by atoms with Gasteiger partial charge in [-0.05, 0) is 55.3 Å². The van der Waals surface area contributed by atoms with Crippen LogP contribution in [0.1, 0.15) is 59.8 Å². The SMILES string of the molecule is C=CC(=C)CC[C@H]1[C@]2(C)CC[C@@H](O)C(C)(C)[C@H]2[C@H](O)C[C@]1(C)O. The lowest BCUT2D eigenvalue weighted by molar-refractivity contribution is -0.235. The van der Waals surface area contributed by atoms with Gasteiger partial charge in [0.1, 0.15) is 0 Å². The van der Waals surface area contributed by atoms with Gasteiger partial charge in [-0.2, -0.15) is 0 Å². The lowest BCUT2D eigenvalue weighted by Gasteiger charge is -2.64. The predicted octanol–water partition coefficient (Wildman–Crippen LogP) is 3.44. The van der Waals surface area contributed by atoms with Gasteiger partial charge in [-0.15, -0.1) is 0 Å². The van der Waals surface area contributed by atoms with Crippen molar-refractivity contribution < 1.29 is 15.3 Å². The van der Waals surface area contributed by atoms with Gasteiger partial charge in [0.15, 0.2) is 0 Å². The molecule has 0 spiro atoms. The van der Waals surface area contributed by atoms with Gasteiger partial charge in [-0.3, -0.25) is 0 Å². The van der Waals surface area contributed by atoms with Gasteiger partial charge >= 0.3 is 0 Å². The summed E-state index contributed by atoms with van der Waals surface area (Å²) in [6, 6.07) is 0. The zero-order valence-corrected chi connectivity index (χ0v) is 15.2. The van der Waals surface area contributed by atoms with Crippen LogP contribution in [0.15, 0.2) is 24.8 Å². The van der Waals surface area contributed by atoms with E-state index in [1.807, 2.05) is 6.92 Å². The molecule has 23 heavy (non-hydrogen) atoms. The van der Waals surface area contributed by atoms with Crippen LogP contribution in [0.25, 0.3) is 0 Å². The van der Waals surface area contributed by atoms with E-state index >= 15 is 0 Å². The summed E-state index contributed by atoms with van der Waals surface area (Å²) in [6.45, 7) is 15.9. The van der Waals surface area contributed by atoms with Crippen LogP contribution in [0.5, 0.6) is 0 Å². The molecule has 0 aromatic heterocycles. The van der Waals surface area contributed by atoms with E-state index in [2.05, 4.69) is 33.9 Å². The summed E-state index contributed by atoms with van der Waals surface area (Å²) in [7, 11) is 0. The highest BCUT2D eigenvalue weighted by Gasteiger charge is 2.63. The second-order valence-corrected chi connectivity index (χ2v) is 8.94. The lowest BCUT2D eigenvalue weighted by atomic mass is 9.43. The van der Waals surface area contributed by atoms with Crippen LogP contribution < -0.4 is 0 Å². The third-order valence-electron chi connectivity index (χ3n) is 6.92. The molecule has 132 valence electrons. The summed E-state index contributed by atoms with van der Waals surface area (Å²) in [4.78, 5) is 0. The number of aliphatic hydroxyl groups excluding tert-OH is 2. The summed E-state index contributed by atoms with van der Waals surface area (Å²) < 4.78 is 0. The fraction of sp³-hybridized carbons (Fsp3) is 0.800. The smallest absolute Gasteiger partial charge is 0.0677 e. The van der Waals surface area contributed by atoms with Crippen LogP contribution in [0.2, 0.25) is 0 Å². The minimum atomic E-state index is -0.898. The van der Waals surface area contributed by atoms with Crippen molar-refractivity contribution in [2.75, 3.05) is 0 Å². The molecule has 0 saturated heterocycles. The van der Waals surface area contributed by atoms with E-state index in [0.29, 0.717) is 6.42 Å². The molecule has 0 aromatic carbocycles. The summed E-state index contributed by atoms with van der Waals surface area (Å²) in [6.07, 6.45) is 4.37. The molecule has 2 saturated carbocycles. The van der Waals surface area contributed by atoms with Gasteiger partial charge < -0.3 is 15.3 Å². The fourth-order valence-corrected chi connectivity index (χ4v) is 5.83. The van der Waals surface area contributed by atoms with E-state index in [0.717, 1.165) is 31.3 Å². The van der Waals surface area contributed by atoms with E-state index in [1.165, 1.54) is 0 Å². The number of hydrogen-bond acceptors (Lipinski definition) is 3. The molecule has 0 unspecified atom stereocenters. The van der Waals surface area contributed by atoms with Crippen molar-refractivity contribution >= 4 is 0 Å². The highest BCUT2D eigenvalue weighted by Crippen LogP contribution is 2.63. The molecule has 6 atom stereocenters. The molecular formula is C20H34O3. The molecular weight excluding hydrogens is 288 g/mol. The van der Waals surface area contributed by atoms with Crippen molar-refractivity contribution in [3.8, 4) is 0 Å². The van der Waals surface area contributed by atoms with Gasteiger partial charge in [-0.25, -0.2) is 0 Å². The highest BCUT2D eigenvalue weighted by atomic mass is 16.3. The van der Waals surface area contributed by atoms with Gasteiger partial charge in [0.05, 0.1) is 17.8 Å². The fourth-order valence-electron chi connectivity index (χ4n) is 5.83. The quantitative estimate of drug-likeness (QED) is 0.695. The summed E-state index contributed by atoms with van der Waals surface area (Å²) in [5.74, 6) is 0.0628. The Kier molecular flexibility index (Phi) is 4.89. The molecule has 2 aliphatic rings. The Balaban J connectivity index is 2.39. The average Bonchev–Trinajstić information content (AvgIpc) is 2.41. The minimum Gasteiger partial charge on any atom is -0.393 e. The van der Waals surface area contributed by atoms with Gasteiger partial charge in [-0.1, -0.05) is 45.6 Å². The van der Waals surface area contributed by atoms with Crippen LogP contribution in [-0.2, 0) is 0 Å². The Morgan fingerprint density at radius 2 is 1.83 bits per heavy atom. The van der Waals surface area contributed by atoms with Crippen molar-refractivity contribution in [3.05, 3.63) is 24.8 Å². The molecule has 3 heteroatoms. The first-order valence-corrected chi connectivity index (χ1v) is 8.85. The molecule has 0 heterocycles. The van der Waals surface area contributed by atoms with Crippen LogP contribution in [0.3, 0.4) is 0 Å². The number of hydrogen-bond donors (Lipinski definition) is 3. The molecule has 0 amide bonds. The normalized spacial score (nSPS) is 46.0. The van der Waals surface area contributed by atoms with E-state index < -0.39 is 17.8 Å². The minimum absolute atomic E-state index is 0.0130. The molecule has 3 N–H and O–H groups in total. The topological polar surface area (TPSA) is 60.7 Å². The van der Waals surface area contributed by atoms with Crippen LogP contribution >= 0.6 is 0 Å². The van der Waals surface area contributed by atoms with Crippen molar-refractivity contribution in [2.45, 2.75) is 77.6 Å². The Hall–Kier alpha value is -0.640. The van der Waals surface area contributed by atoms with Crippen LogP contribution in [-0.4, -0.2) is 33.1 Å². The van der Waals surface area contributed by atoms with Crippen molar-refractivity contribution in [1.82, 2.24) is 0 Å². The number of fused-ring (bicyclic) bond motifs is 1. The zero-order chi connectivity index (χ0) is 17.6. The van der Waals surface area contributed by atoms with E-state index in [9.17, 15) is 15.3 Å². The maximum absolute atomic E-state index is 11.1. The summed E-state index contributed by atoms with van der Waals surface area (Å²) >= 11 is 0. The highest BCUT2D eigenvalue weighted by molar-refractivity contribution is 5.15. The van der Waals surface area contributed by atoms with Crippen LogP contribution in [0, 0.1) is 22.7 Å². The molecule has 3 nitrogen and oxygen atoms in total. The van der Waals surface area contributed by atoms with Gasteiger partial charge in [0.25, 0.3) is 0 Å². The lowest BCUT2D eigenvalue weighted by Crippen LogP contribution is -2.65. The average molecular weight is 322 g/mol. The number of allylic oxidation sites excluding steroid dienone is 2. The summed E-state index contributed by atoms with van der Waals surface area (Å²) in [5, 5.41) is 32.3. The maximum Gasteiger partial charge on any atom is 0.0677 e. The molecule has 2 aliphatic carbocycles. The predicted molar refractivity (Wildman–Crippen MR) is 93.9 cm³/mol. The number of rotatable bonds is 4. The Morgan fingerprint density at radius 3 is 2.39 bits per heavy atom. The first kappa shape index (κ1) is 18.7. The van der Waals surface area contributed by atoms with Gasteiger partial charge in [0, 0.05) is 6.42 Å². The Labute approximate surface area is 141 Å². The molecule has 2 fully saturated rings. The van der Waals surface area contributed by atoms with Crippen LogP contribution in [0.4, 0.5) is 0 Å². The van der Waals surface area contributed by atoms with Crippen molar-refractivity contribution in [2.24, 2.45) is 22.7 Å². The second kappa shape index (κ2) is 6.02. The zero-order valence-electron chi connectivity index (χ0n) is 15.2. The maximum atomic E-state index is 11.1. The van der Waals surface area contributed by atoms with E-state index in [-0.39, 0.29) is 22.7 Å². The Morgan fingerprint density at radius 1 is 1.22 bits per heavy atom. The molecule has 0 aromatic rings. The van der Waals surface area contributed by atoms with Gasteiger partial charge in [0.2, 0.25) is 0 Å². The second-order valence-electron chi connectivity index (χ2n) is 8.94. The van der Waals surface area contributed by atoms with Crippen molar-refractivity contribution in [1.29, 1.82) is 0 Å². The standard InChI is InChI=1S/C20H34O3/c1-7-13(2)8-9-15-19(5)11-10-16(22)18(3,4)17(19)14(21)12-20(15,6)23/h7,14-17,21-23H,1-2,8-12H2,3-6H3/t14-,15+,16-,17-,19+,20+/m1/s1. The molecule has 2 rings (SSSR count). The molecule has 0 aliphatic heterocycles. The first-order chi connectivity index (χ1) is 10.5. The monoisotopic (exact) mass is 322 g/mol.